The van der Waals surface area contributed by atoms with Crippen LogP contribution in [0.15, 0.2) is 23.5 Å². The summed E-state index contributed by atoms with van der Waals surface area (Å²) < 4.78 is 5.13. The summed E-state index contributed by atoms with van der Waals surface area (Å²) in [4.78, 5) is 0. The fourth-order valence-corrected chi connectivity index (χ4v) is 1.14. The first kappa shape index (κ1) is 11.3. The zero-order chi connectivity index (χ0) is 9.40. The second-order valence-electron chi connectivity index (χ2n) is 2.69. The molecule has 0 saturated heterocycles. The van der Waals surface area contributed by atoms with Crippen LogP contribution in [0, 0.1) is 0 Å². The lowest BCUT2D eigenvalue weighted by Gasteiger charge is -1.97. The molecule has 0 heterocycles. The molecule has 0 aromatic carbocycles. The normalized spacial score (nSPS) is 16.3. The van der Waals surface area contributed by atoms with E-state index >= 15 is 0 Å². The van der Waals surface area contributed by atoms with Crippen LogP contribution in [-0.2, 0) is 4.74 Å². The molecular formula is C11H20O. The van der Waals surface area contributed by atoms with Crippen LogP contribution in [0.5, 0.6) is 0 Å². The number of ether oxygens (including phenoxy) is 1. The van der Waals surface area contributed by atoms with E-state index in [1.165, 1.54) is 18.4 Å². The van der Waals surface area contributed by atoms with Crippen molar-refractivity contribution in [2.24, 2.45) is 0 Å². The molecule has 1 rings (SSSR count). The summed E-state index contributed by atoms with van der Waals surface area (Å²) in [5.41, 5.74) is 1.42. The van der Waals surface area contributed by atoms with Gasteiger partial charge >= 0.3 is 0 Å². The topological polar surface area (TPSA) is 9.23 Å². The fourth-order valence-electron chi connectivity index (χ4n) is 1.14. The van der Waals surface area contributed by atoms with Gasteiger partial charge in [0.05, 0.1) is 7.11 Å². The van der Waals surface area contributed by atoms with Gasteiger partial charge in [-0.05, 0) is 38.3 Å². The fraction of sp³-hybridized carbons (Fsp3) is 0.636. The van der Waals surface area contributed by atoms with E-state index in [0.29, 0.717) is 0 Å². The first-order chi connectivity index (χ1) is 5.83. The lowest BCUT2D eigenvalue weighted by atomic mass is 10.1. The molecule has 0 bridgehead atoms. The Labute approximate surface area is 76.1 Å². The predicted molar refractivity (Wildman–Crippen MR) is 54.0 cm³/mol. The molecule has 1 aliphatic rings. The Kier molecular flexibility index (Phi) is 6.54. The second-order valence-corrected chi connectivity index (χ2v) is 2.69. The molecule has 0 spiro atoms. The maximum atomic E-state index is 5.13. The van der Waals surface area contributed by atoms with Gasteiger partial charge in [-0.2, -0.15) is 0 Å². The minimum Gasteiger partial charge on any atom is -0.497 e. The van der Waals surface area contributed by atoms with Crippen molar-refractivity contribution in [3.8, 4) is 0 Å². The van der Waals surface area contributed by atoms with Gasteiger partial charge in [-0.1, -0.05) is 19.4 Å². The van der Waals surface area contributed by atoms with Crippen molar-refractivity contribution in [3.63, 3.8) is 0 Å². The lowest BCUT2D eigenvalue weighted by Crippen LogP contribution is -1.80. The van der Waals surface area contributed by atoms with Gasteiger partial charge in [0.1, 0.15) is 5.76 Å². The highest BCUT2D eigenvalue weighted by Gasteiger charge is 1.98. The van der Waals surface area contributed by atoms with Crippen LogP contribution in [0.1, 0.15) is 40.0 Å². The van der Waals surface area contributed by atoms with E-state index in [2.05, 4.69) is 19.1 Å². The minimum atomic E-state index is 1.02. The lowest BCUT2D eigenvalue weighted by molar-refractivity contribution is 0.305. The summed E-state index contributed by atoms with van der Waals surface area (Å²) in [7, 11) is 1.72. The third kappa shape index (κ3) is 4.22. The number of hydrogen-bond donors (Lipinski definition) is 0. The van der Waals surface area contributed by atoms with Crippen LogP contribution in [-0.4, -0.2) is 7.11 Å². The maximum absolute atomic E-state index is 5.13. The van der Waals surface area contributed by atoms with E-state index in [1.54, 1.807) is 7.11 Å². The summed E-state index contributed by atoms with van der Waals surface area (Å²) in [6, 6.07) is 0. The van der Waals surface area contributed by atoms with Gasteiger partial charge in [-0.3, -0.25) is 0 Å². The average molecular weight is 168 g/mol. The summed E-state index contributed by atoms with van der Waals surface area (Å²) in [5.74, 6) is 1.02. The van der Waals surface area contributed by atoms with E-state index in [0.717, 1.165) is 12.2 Å². The van der Waals surface area contributed by atoms with Gasteiger partial charge in [0.2, 0.25) is 0 Å². The highest BCUT2D eigenvalue weighted by atomic mass is 16.5. The van der Waals surface area contributed by atoms with E-state index in [1.807, 2.05) is 13.8 Å². The van der Waals surface area contributed by atoms with Gasteiger partial charge in [0, 0.05) is 0 Å². The van der Waals surface area contributed by atoms with E-state index < -0.39 is 0 Å². The molecule has 0 aromatic heterocycles. The van der Waals surface area contributed by atoms with E-state index in [9.17, 15) is 0 Å². The van der Waals surface area contributed by atoms with Crippen molar-refractivity contribution in [2.75, 3.05) is 7.11 Å². The summed E-state index contributed by atoms with van der Waals surface area (Å²) in [6.07, 6.45) is 7.89. The first-order valence-electron chi connectivity index (χ1n) is 4.74. The van der Waals surface area contributed by atoms with E-state index in [4.69, 9.17) is 4.74 Å². The molecule has 0 saturated carbocycles. The number of rotatable bonds is 1. The monoisotopic (exact) mass is 168 g/mol. The summed E-state index contributed by atoms with van der Waals surface area (Å²) in [5, 5.41) is 0. The van der Waals surface area contributed by atoms with Crippen LogP contribution >= 0.6 is 0 Å². The Morgan fingerprint density at radius 3 is 2.58 bits per heavy atom. The smallest absolute Gasteiger partial charge is 0.114 e. The molecule has 0 aliphatic heterocycles. The molecule has 0 amide bonds. The maximum Gasteiger partial charge on any atom is 0.114 e. The number of allylic oxidation sites excluding steroid dienone is 3. The second kappa shape index (κ2) is 6.96. The Bertz CT molecular complexity index is 166. The van der Waals surface area contributed by atoms with Crippen LogP contribution in [0.2, 0.25) is 0 Å². The standard InChI is InChI=1S/C9H14O.C2H6/c1-8-5-3-4-6-9(7-8)10-2;1-2/h6-7H,3-5H2,1-2H3;1-2H3. The average Bonchev–Trinajstić information content (AvgIpc) is 2.33. The molecule has 12 heavy (non-hydrogen) atoms. The molecule has 0 atom stereocenters. The van der Waals surface area contributed by atoms with Gasteiger partial charge in [-0.15, -0.1) is 0 Å². The van der Waals surface area contributed by atoms with Crippen molar-refractivity contribution in [1.29, 1.82) is 0 Å². The zero-order valence-corrected chi connectivity index (χ0v) is 8.68. The van der Waals surface area contributed by atoms with Crippen LogP contribution in [0.25, 0.3) is 0 Å². The number of methoxy groups -OCH3 is 1. The Morgan fingerprint density at radius 1 is 1.33 bits per heavy atom. The first-order valence-corrected chi connectivity index (χ1v) is 4.74. The molecule has 0 fully saturated rings. The van der Waals surface area contributed by atoms with E-state index in [-0.39, 0.29) is 0 Å². The van der Waals surface area contributed by atoms with Gasteiger partial charge in [0.25, 0.3) is 0 Å². The molecule has 0 radical (unpaired) electrons. The van der Waals surface area contributed by atoms with Gasteiger partial charge < -0.3 is 4.74 Å². The van der Waals surface area contributed by atoms with Crippen LogP contribution in [0.3, 0.4) is 0 Å². The molecule has 1 aliphatic carbocycles. The summed E-state index contributed by atoms with van der Waals surface area (Å²) >= 11 is 0. The van der Waals surface area contributed by atoms with Crippen molar-refractivity contribution >= 4 is 0 Å². The molecular weight excluding hydrogens is 148 g/mol. The van der Waals surface area contributed by atoms with Crippen molar-refractivity contribution in [1.82, 2.24) is 0 Å². The Hall–Kier alpha value is -0.720. The van der Waals surface area contributed by atoms with Crippen molar-refractivity contribution in [2.45, 2.75) is 40.0 Å². The molecule has 1 nitrogen and oxygen atoms in total. The molecule has 0 unspecified atom stereocenters. The quantitative estimate of drug-likeness (QED) is 0.580. The minimum absolute atomic E-state index is 1.02. The third-order valence-corrected chi connectivity index (χ3v) is 1.75. The van der Waals surface area contributed by atoms with Crippen molar-refractivity contribution in [3.05, 3.63) is 23.5 Å². The molecule has 1 heteroatoms. The highest BCUT2D eigenvalue weighted by molar-refractivity contribution is 5.19. The SMILES string of the molecule is CC.COC1=CCCCC(C)=C1. The zero-order valence-electron chi connectivity index (χ0n) is 8.68. The van der Waals surface area contributed by atoms with Crippen molar-refractivity contribution < 1.29 is 4.74 Å². The highest BCUT2D eigenvalue weighted by Crippen LogP contribution is 2.16. The third-order valence-electron chi connectivity index (χ3n) is 1.75. The predicted octanol–water partition coefficient (Wildman–Crippen LogP) is 3.67. The largest absolute Gasteiger partial charge is 0.497 e. The number of hydrogen-bond acceptors (Lipinski definition) is 1. The summed E-state index contributed by atoms with van der Waals surface area (Å²) in [6.45, 7) is 6.15. The molecule has 0 N–H and O–H groups in total. The van der Waals surface area contributed by atoms with Gasteiger partial charge in [-0.25, -0.2) is 0 Å². The Balaban J connectivity index is 0.000000561. The molecule has 0 aromatic rings. The van der Waals surface area contributed by atoms with Crippen LogP contribution in [0.4, 0.5) is 0 Å². The Morgan fingerprint density at radius 2 is 2.00 bits per heavy atom. The molecule has 70 valence electrons. The van der Waals surface area contributed by atoms with Crippen LogP contribution < -0.4 is 0 Å². The van der Waals surface area contributed by atoms with Gasteiger partial charge in [0.15, 0.2) is 0 Å².